The molecule has 26 heavy (non-hydrogen) atoms. The molecule has 138 valence electrons. The summed E-state index contributed by atoms with van der Waals surface area (Å²) in [7, 11) is 0. The van der Waals surface area contributed by atoms with Crippen molar-refractivity contribution < 1.29 is 13.6 Å². The Morgan fingerprint density at radius 3 is 2.85 bits per heavy atom. The van der Waals surface area contributed by atoms with Crippen LogP contribution in [0, 0.1) is 5.82 Å². The van der Waals surface area contributed by atoms with Crippen LogP contribution in [0.3, 0.4) is 0 Å². The van der Waals surface area contributed by atoms with Crippen molar-refractivity contribution in [1.29, 1.82) is 0 Å². The van der Waals surface area contributed by atoms with Crippen LogP contribution in [-0.4, -0.2) is 44.4 Å². The molecular formula is C17H17ClF2N4O2. The number of carbonyl (C=O) groups excluding carboxylic acids is 1. The van der Waals surface area contributed by atoms with Gasteiger partial charge in [0.15, 0.2) is 0 Å². The van der Waals surface area contributed by atoms with Crippen LogP contribution < -0.4 is 5.69 Å². The van der Waals surface area contributed by atoms with E-state index in [1.54, 1.807) is 0 Å². The number of rotatable bonds is 3. The maximum Gasteiger partial charge on any atom is 0.346 e. The van der Waals surface area contributed by atoms with Crippen LogP contribution in [0.4, 0.5) is 8.78 Å². The van der Waals surface area contributed by atoms with Crippen molar-refractivity contribution in [3.8, 4) is 0 Å². The highest BCUT2D eigenvalue weighted by Crippen LogP contribution is 2.27. The van der Waals surface area contributed by atoms with E-state index in [1.165, 1.54) is 32.3 Å². The van der Waals surface area contributed by atoms with Crippen molar-refractivity contribution in [3.63, 3.8) is 0 Å². The van der Waals surface area contributed by atoms with Crippen LogP contribution in [0.5, 0.6) is 0 Å². The molecule has 1 aromatic heterocycles. The van der Waals surface area contributed by atoms with Gasteiger partial charge in [-0.25, -0.2) is 18.3 Å². The number of aromatic nitrogens is 3. The fourth-order valence-electron chi connectivity index (χ4n) is 3.62. The molecule has 0 N–H and O–H groups in total. The average Bonchev–Trinajstić information content (AvgIpc) is 3.29. The highest BCUT2D eigenvalue weighted by atomic mass is 35.5. The summed E-state index contributed by atoms with van der Waals surface area (Å²) in [5.74, 6) is -0.217. The predicted molar refractivity (Wildman–Crippen MR) is 90.5 cm³/mol. The molecule has 2 aliphatic heterocycles. The zero-order valence-electron chi connectivity index (χ0n) is 13.9. The Morgan fingerprint density at radius 1 is 1.35 bits per heavy atom. The van der Waals surface area contributed by atoms with Crippen molar-refractivity contribution in [2.45, 2.75) is 38.0 Å². The number of likely N-dealkylation sites (tertiary alicyclic amines) is 1. The molecule has 1 unspecified atom stereocenters. The molecule has 3 heterocycles. The van der Waals surface area contributed by atoms with Gasteiger partial charge in [0.25, 0.3) is 0 Å². The quantitative estimate of drug-likeness (QED) is 0.815. The molecule has 2 aromatic rings. The van der Waals surface area contributed by atoms with E-state index in [1.807, 2.05) is 0 Å². The first kappa shape index (κ1) is 17.2. The first-order valence-electron chi connectivity index (χ1n) is 8.49. The second kappa shape index (κ2) is 6.50. The molecule has 6 nitrogen and oxygen atoms in total. The molecule has 0 bridgehead atoms. The molecular weight excluding hydrogens is 366 g/mol. The van der Waals surface area contributed by atoms with Crippen LogP contribution in [0.2, 0.25) is 5.02 Å². The average molecular weight is 383 g/mol. The Bertz CT molecular complexity index is 926. The van der Waals surface area contributed by atoms with Crippen molar-refractivity contribution >= 4 is 17.5 Å². The zero-order valence-corrected chi connectivity index (χ0v) is 14.6. The fraction of sp³-hybridized carbons (Fsp3) is 0.471. The summed E-state index contributed by atoms with van der Waals surface area (Å²) in [6.07, 6.45) is 0.343. The summed E-state index contributed by atoms with van der Waals surface area (Å²) in [5, 5.41) is 4.27. The topological polar surface area (TPSA) is 60.1 Å². The molecule has 2 aliphatic rings. The molecule has 1 saturated heterocycles. The predicted octanol–water partition coefficient (Wildman–Crippen LogP) is 1.94. The number of hydrogen-bond acceptors (Lipinski definition) is 3. The van der Waals surface area contributed by atoms with Gasteiger partial charge in [-0.2, -0.15) is 5.10 Å². The number of amides is 1. The van der Waals surface area contributed by atoms with Crippen LogP contribution in [0.1, 0.15) is 30.3 Å². The Morgan fingerprint density at radius 2 is 2.15 bits per heavy atom. The highest BCUT2D eigenvalue weighted by molar-refractivity contribution is 6.30. The first-order chi connectivity index (χ1) is 12.4. The Hall–Kier alpha value is -2.22. The maximum absolute atomic E-state index is 13.4. The molecule has 1 fully saturated rings. The van der Waals surface area contributed by atoms with Gasteiger partial charge in [0.05, 0.1) is 18.1 Å². The summed E-state index contributed by atoms with van der Waals surface area (Å²) < 4.78 is 29.3. The molecule has 0 aliphatic carbocycles. The van der Waals surface area contributed by atoms with Crippen LogP contribution in [-0.2, 0) is 17.8 Å². The number of nitrogens with zero attached hydrogens (tertiary/aromatic N) is 4. The van der Waals surface area contributed by atoms with Crippen LogP contribution in [0.15, 0.2) is 23.0 Å². The molecule has 1 aromatic carbocycles. The van der Waals surface area contributed by atoms with E-state index in [0.717, 1.165) is 0 Å². The minimum absolute atomic E-state index is 0.0230. The number of aryl methyl sites for hydroxylation is 1. The molecule has 9 heteroatoms. The van der Waals surface area contributed by atoms with Gasteiger partial charge < -0.3 is 4.90 Å². The summed E-state index contributed by atoms with van der Waals surface area (Å²) >= 11 is 5.78. The van der Waals surface area contributed by atoms with E-state index in [0.29, 0.717) is 37.2 Å². The van der Waals surface area contributed by atoms with Gasteiger partial charge in [0, 0.05) is 13.0 Å². The third-order valence-electron chi connectivity index (χ3n) is 4.94. The first-order valence-corrected chi connectivity index (χ1v) is 8.87. The van der Waals surface area contributed by atoms with Gasteiger partial charge in [-0.15, -0.1) is 0 Å². The number of fused-ring (bicyclic) bond motifs is 1. The zero-order chi connectivity index (χ0) is 18.4. The van der Waals surface area contributed by atoms with Crippen molar-refractivity contribution in [2.24, 2.45) is 0 Å². The van der Waals surface area contributed by atoms with Gasteiger partial charge in [0.2, 0.25) is 5.91 Å². The van der Waals surface area contributed by atoms with E-state index in [-0.39, 0.29) is 24.0 Å². The smallest absolute Gasteiger partial charge is 0.338 e. The van der Waals surface area contributed by atoms with E-state index < -0.39 is 23.7 Å². The second-order valence-electron chi connectivity index (χ2n) is 6.70. The van der Waals surface area contributed by atoms with Gasteiger partial charge in [0.1, 0.15) is 23.9 Å². The number of halogens is 3. The lowest BCUT2D eigenvalue weighted by molar-refractivity contribution is -0.133. The molecule has 1 amide bonds. The number of benzene rings is 1. The SMILES string of the molecule is O=C(C1CCc2nn(Cc3ccc(F)c(Cl)c3)c(=O)n21)N1CC[C@H](F)C1. The number of carbonyl (C=O) groups is 1. The number of alkyl halides is 1. The molecule has 4 rings (SSSR count). The maximum atomic E-state index is 13.4. The Kier molecular flexibility index (Phi) is 4.30. The summed E-state index contributed by atoms with van der Waals surface area (Å²) in [6, 6.07) is 3.59. The van der Waals surface area contributed by atoms with E-state index in [4.69, 9.17) is 11.6 Å². The Labute approximate surface area is 153 Å². The van der Waals surface area contributed by atoms with Gasteiger partial charge in [-0.3, -0.25) is 9.36 Å². The van der Waals surface area contributed by atoms with Crippen molar-refractivity contribution in [2.75, 3.05) is 13.1 Å². The van der Waals surface area contributed by atoms with Crippen LogP contribution in [0.25, 0.3) is 0 Å². The van der Waals surface area contributed by atoms with Crippen molar-refractivity contribution in [1.82, 2.24) is 19.2 Å². The molecule has 0 saturated carbocycles. The third-order valence-corrected chi connectivity index (χ3v) is 5.23. The Balaban J connectivity index is 1.59. The summed E-state index contributed by atoms with van der Waals surface area (Å²) in [6.45, 7) is 0.598. The van der Waals surface area contributed by atoms with E-state index in [9.17, 15) is 18.4 Å². The lowest BCUT2D eigenvalue weighted by atomic mass is 10.2. The van der Waals surface area contributed by atoms with Gasteiger partial charge >= 0.3 is 5.69 Å². The van der Waals surface area contributed by atoms with Crippen LogP contribution >= 0.6 is 11.6 Å². The minimum atomic E-state index is -0.998. The highest BCUT2D eigenvalue weighted by Gasteiger charge is 2.37. The fourth-order valence-corrected chi connectivity index (χ4v) is 3.82. The lowest BCUT2D eigenvalue weighted by Gasteiger charge is -2.20. The number of hydrogen-bond donors (Lipinski definition) is 0. The summed E-state index contributed by atoms with van der Waals surface area (Å²) in [5.41, 5.74) is 0.241. The van der Waals surface area contributed by atoms with E-state index in [2.05, 4.69) is 5.10 Å². The van der Waals surface area contributed by atoms with Gasteiger partial charge in [-0.1, -0.05) is 17.7 Å². The van der Waals surface area contributed by atoms with E-state index >= 15 is 0 Å². The molecule has 0 spiro atoms. The second-order valence-corrected chi connectivity index (χ2v) is 7.11. The standard InChI is InChI=1S/C17H17ClF2N4O2/c18-12-7-10(1-2-13(12)20)8-23-17(26)24-14(3-4-15(24)21-23)16(25)22-6-5-11(19)9-22/h1-2,7,11,14H,3-6,8-9H2/t11-,14?/m0/s1. The van der Waals surface area contributed by atoms with Gasteiger partial charge in [-0.05, 0) is 30.5 Å². The monoisotopic (exact) mass is 382 g/mol. The third kappa shape index (κ3) is 2.92. The molecule has 2 atom stereocenters. The summed E-state index contributed by atoms with van der Waals surface area (Å²) in [4.78, 5) is 26.9. The lowest BCUT2D eigenvalue weighted by Crippen LogP contribution is -2.38. The minimum Gasteiger partial charge on any atom is -0.338 e. The normalized spacial score (nSPS) is 22.0. The largest absolute Gasteiger partial charge is 0.346 e. The van der Waals surface area contributed by atoms with Crippen molar-refractivity contribution in [3.05, 3.63) is 50.9 Å². The molecule has 0 radical (unpaired) electrons.